The molecule has 0 aliphatic heterocycles. The van der Waals surface area contributed by atoms with Gasteiger partial charge in [0.2, 0.25) is 0 Å². The Hall–Kier alpha value is -1.11. The van der Waals surface area contributed by atoms with Crippen molar-refractivity contribution in [3.8, 4) is 0 Å². The lowest BCUT2D eigenvalue weighted by Crippen LogP contribution is -2.16. The molecule has 2 atom stereocenters. The highest BCUT2D eigenvalue weighted by atomic mass is 16.1. The average Bonchev–Trinajstić information content (AvgIpc) is 2.29. The van der Waals surface area contributed by atoms with E-state index in [-0.39, 0.29) is 5.92 Å². The predicted octanol–water partition coefficient (Wildman–Crippen LogP) is 4.46. The molecule has 0 heterocycles. The number of hydrogen-bond donors (Lipinski definition) is 0. The zero-order valence-electron chi connectivity index (χ0n) is 11.3. The summed E-state index contributed by atoms with van der Waals surface area (Å²) in [4.78, 5) is 11.0. The van der Waals surface area contributed by atoms with Crippen LogP contribution in [-0.2, 0) is 4.79 Å². The molecule has 0 bridgehead atoms. The van der Waals surface area contributed by atoms with Gasteiger partial charge in [0, 0.05) is 5.92 Å². The zero-order valence-corrected chi connectivity index (χ0v) is 11.3. The van der Waals surface area contributed by atoms with Gasteiger partial charge in [-0.1, -0.05) is 35.5 Å². The van der Waals surface area contributed by atoms with Crippen molar-refractivity contribution in [3.63, 3.8) is 0 Å². The van der Waals surface area contributed by atoms with E-state index >= 15 is 0 Å². The molecule has 94 valence electrons. The number of hydrogen-bond acceptors (Lipinski definition) is 1. The van der Waals surface area contributed by atoms with E-state index in [2.05, 4.69) is 45.1 Å². The molecule has 0 N–H and O–H groups in total. The van der Waals surface area contributed by atoms with Gasteiger partial charge in [-0.2, -0.15) is 0 Å². The first-order chi connectivity index (χ1) is 8.13. The molecule has 0 saturated heterocycles. The topological polar surface area (TPSA) is 17.1 Å². The molecule has 1 aliphatic rings. The second kappa shape index (κ2) is 7.26. The quantitative estimate of drug-likeness (QED) is 0.505. The van der Waals surface area contributed by atoms with Crippen molar-refractivity contribution in [1.82, 2.24) is 0 Å². The number of allylic oxidation sites excluding steroid dienone is 6. The Morgan fingerprint density at radius 1 is 1.18 bits per heavy atom. The van der Waals surface area contributed by atoms with Crippen LogP contribution in [-0.4, -0.2) is 6.29 Å². The molecule has 2 unspecified atom stereocenters. The van der Waals surface area contributed by atoms with Gasteiger partial charge in [-0.15, -0.1) is 0 Å². The van der Waals surface area contributed by atoms with Gasteiger partial charge in [0.25, 0.3) is 0 Å². The summed E-state index contributed by atoms with van der Waals surface area (Å²) in [5.74, 6) is 0.614. The number of rotatable bonds is 5. The van der Waals surface area contributed by atoms with Gasteiger partial charge in [-0.3, -0.25) is 0 Å². The van der Waals surface area contributed by atoms with E-state index in [1.165, 1.54) is 11.1 Å². The van der Waals surface area contributed by atoms with Crippen LogP contribution < -0.4 is 0 Å². The van der Waals surface area contributed by atoms with E-state index in [1.54, 1.807) is 0 Å². The standard InChI is InChI=1S/C16H24O/c1-13(2)7-6-8-14(3)11-15-9-4-5-10-16(15)12-17/h4-5,7,11-12,15-16H,6,8-10H2,1-3H3/b14-11-. The van der Waals surface area contributed by atoms with Gasteiger partial charge in [0.15, 0.2) is 0 Å². The summed E-state index contributed by atoms with van der Waals surface area (Å²) in [5.41, 5.74) is 2.79. The number of carbonyl (C=O) groups excluding carboxylic acids is 1. The van der Waals surface area contributed by atoms with Crippen LogP contribution in [0.25, 0.3) is 0 Å². The number of carbonyl (C=O) groups is 1. The Labute approximate surface area is 105 Å². The van der Waals surface area contributed by atoms with Crippen molar-refractivity contribution in [2.24, 2.45) is 11.8 Å². The molecule has 0 aromatic heterocycles. The molecule has 0 amide bonds. The Balaban J connectivity index is 2.51. The molecule has 1 heteroatoms. The van der Waals surface area contributed by atoms with Gasteiger partial charge < -0.3 is 4.79 Å². The van der Waals surface area contributed by atoms with Crippen LogP contribution in [0.5, 0.6) is 0 Å². The Morgan fingerprint density at radius 3 is 2.41 bits per heavy atom. The average molecular weight is 232 g/mol. The summed E-state index contributed by atoms with van der Waals surface area (Å²) in [6.07, 6.45) is 14.2. The maximum atomic E-state index is 11.0. The van der Waals surface area contributed by atoms with Crippen molar-refractivity contribution in [1.29, 1.82) is 0 Å². The van der Waals surface area contributed by atoms with Crippen molar-refractivity contribution in [2.45, 2.75) is 46.5 Å². The lowest BCUT2D eigenvalue weighted by Gasteiger charge is -2.21. The molecule has 0 radical (unpaired) electrons. The monoisotopic (exact) mass is 232 g/mol. The van der Waals surface area contributed by atoms with Crippen LogP contribution in [0, 0.1) is 11.8 Å². The van der Waals surface area contributed by atoms with Crippen LogP contribution in [0.1, 0.15) is 46.5 Å². The molecule has 0 aromatic carbocycles. The third-order valence-corrected chi connectivity index (χ3v) is 3.30. The second-order valence-electron chi connectivity index (χ2n) is 5.24. The molecule has 0 aromatic rings. The van der Waals surface area contributed by atoms with Gasteiger partial charge in [0.05, 0.1) is 0 Å². The fourth-order valence-electron chi connectivity index (χ4n) is 2.24. The molecule has 0 saturated carbocycles. The SMILES string of the molecule is CC(C)=CCC/C(C)=C\C1CC=CCC1C=O. The molecular formula is C16H24O. The van der Waals surface area contributed by atoms with Crippen LogP contribution in [0.15, 0.2) is 35.5 Å². The molecule has 1 rings (SSSR count). The molecule has 17 heavy (non-hydrogen) atoms. The summed E-state index contributed by atoms with van der Waals surface area (Å²) in [6, 6.07) is 0. The third kappa shape index (κ3) is 5.16. The van der Waals surface area contributed by atoms with E-state index < -0.39 is 0 Å². The summed E-state index contributed by atoms with van der Waals surface area (Å²) in [5, 5.41) is 0. The Morgan fingerprint density at radius 2 is 1.82 bits per heavy atom. The minimum atomic E-state index is 0.193. The van der Waals surface area contributed by atoms with E-state index in [9.17, 15) is 4.79 Å². The third-order valence-electron chi connectivity index (χ3n) is 3.30. The summed E-state index contributed by atoms with van der Waals surface area (Å²) >= 11 is 0. The van der Waals surface area contributed by atoms with E-state index in [0.29, 0.717) is 5.92 Å². The van der Waals surface area contributed by atoms with Crippen LogP contribution in [0.2, 0.25) is 0 Å². The molecule has 1 aliphatic carbocycles. The first-order valence-corrected chi connectivity index (χ1v) is 6.54. The summed E-state index contributed by atoms with van der Waals surface area (Å²) < 4.78 is 0. The van der Waals surface area contributed by atoms with Gasteiger partial charge in [-0.25, -0.2) is 0 Å². The lowest BCUT2D eigenvalue weighted by atomic mass is 9.82. The van der Waals surface area contributed by atoms with Gasteiger partial charge in [0.1, 0.15) is 6.29 Å². The maximum absolute atomic E-state index is 11.0. The molecule has 1 nitrogen and oxygen atoms in total. The molecular weight excluding hydrogens is 208 g/mol. The van der Waals surface area contributed by atoms with Crippen molar-refractivity contribution in [2.75, 3.05) is 0 Å². The largest absolute Gasteiger partial charge is 0.303 e. The lowest BCUT2D eigenvalue weighted by molar-refractivity contribution is -0.112. The van der Waals surface area contributed by atoms with Crippen LogP contribution >= 0.6 is 0 Å². The van der Waals surface area contributed by atoms with Gasteiger partial charge >= 0.3 is 0 Å². The van der Waals surface area contributed by atoms with Crippen molar-refractivity contribution in [3.05, 3.63) is 35.5 Å². The summed E-state index contributed by atoms with van der Waals surface area (Å²) in [6.45, 7) is 6.44. The highest BCUT2D eigenvalue weighted by molar-refractivity contribution is 5.55. The van der Waals surface area contributed by atoms with E-state index in [1.807, 2.05) is 0 Å². The smallest absolute Gasteiger partial charge is 0.123 e. The fraction of sp³-hybridized carbons (Fsp3) is 0.562. The molecule has 0 spiro atoms. The Bertz CT molecular complexity index is 329. The highest BCUT2D eigenvalue weighted by Crippen LogP contribution is 2.26. The first-order valence-electron chi connectivity index (χ1n) is 6.54. The van der Waals surface area contributed by atoms with Crippen molar-refractivity contribution >= 4 is 6.29 Å². The van der Waals surface area contributed by atoms with Gasteiger partial charge in [-0.05, 0) is 52.4 Å². The normalized spacial score (nSPS) is 24.5. The maximum Gasteiger partial charge on any atom is 0.123 e. The first kappa shape index (κ1) is 14.0. The predicted molar refractivity (Wildman–Crippen MR) is 73.8 cm³/mol. The van der Waals surface area contributed by atoms with Crippen LogP contribution in [0.4, 0.5) is 0 Å². The Kier molecular flexibility index (Phi) is 5.96. The van der Waals surface area contributed by atoms with E-state index in [0.717, 1.165) is 32.0 Å². The van der Waals surface area contributed by atoms with E-state index in [4.69, 9.17) is 0 Å². The minimum absolute atomic E-state index is 0.193. The number of aldehydes is 1. The van der Waals surface area contributed by atoms with Crippen LogP contribution in [0.3, 0.4) is 0 Å². The minimum Gasteiger partial charge on any atom is -0.303 e. The molecule has 0 fully saturated rings. The zero-order chi connectivity index (χ0) is 12.7. The summed E-state index contributed by atoms with van der Waals surface area (Å²) in [7, 11) is 0. The van der Waals surface area contributed by atoms with Crippen molar-refractivity contribution < 1.29 is 4.79 Å². The highest BCUT2D eigenvalue weighted by Gasteiger charge is 2.19. The fourth-order valence-corrected chi connectivity index (χ4v) is 2.24. The second-order valence-corrected chi connectivity index (χ2v) is 5.24.